The van der Waals surface area contributed by atoms with E-state index in [2.05, 4.69) is 0 Å². The SMILES string of the molecule is COC(=O)C1CCCN1C(=O)CC1CCCO1. The molecule has 2 aliphatic rings. The molecule has 0 N–H and O–H groups in total. The first-order valence-corrected chi connectivity index (χ1v) is 6.21. The van der Waals surface area contributed by atoms with Crippen LogP contribution in [0, 0.1) is 0 Å². The second kappa shape index (κ2) is 5.49. The lowest BCUT2D eigenvalue weighted by molar-refractivity contribution is -0.151. The van der Waals surface area contributed by atoms with Crippen molar-refractivity contribution in [3.8, 4) is 0 Å². The topological polar surface area (TPSA) is 55.8 Å². The molecule has 0 spiro atoms. The monoisotopic (exact) mass is 241 g/mol. The maximum atomic E-state index is 12.1. The maximum Gasteiger partial charge on any atom is 0.328 e. The van der Waals surface area contributed by atoms with Crippen LogP contribution >= 0.6 is 0 Å². The van der Waals surface area contributed by atoms with Crippen molar-refractivity contribution in [3.05, 3.63) is 0 Å². The number of amides is 1. The molecule has 0 radical (unpaired) electrons. The van der Waals surface area contributed by atoms with Crippen molar-refractivity contribution < 1.29 is 19.1 Å². The van der Waals surface area contributed by atoms with Gasteiger partial charge in [-0.3, -0.25) is 4.79 Å². The smallest absolute Gasteiger partial charge is 0.328 e. The number of esters is 1. The second-order valence-electron chi connectivity index (χ2n) is 4.61. The Morgan fingerprint density at radius 1 is 1.35 bits per heavy atom. The van der Waals surface area contributed by atoms with E-state index in [1.165, 1.54) is 7.11 Å². The van der Waals surface area contributed by atoms with Crippen LogP contribution in [0.2, 0.25) is 0 Å². The van der Waals surface area contributed by atoms with Crippen LogP contribution in [-0.2, 0) is 19.1 Å². The largest absolute Gasteiger partial charge is 0.467 e. The fourth-order valence-electron chi connectivity index (χ4n) is 2.56. The molecule has 2 fully saturated rings. The van der Waals surface area contributed by atoms with Crippen LogP contribution in [0.3, 0.4) is 0 Å². The van der Waals surface area contributed by atoms with Gasteiger partial charge in [0.1, 0.15) is 6.04 Å². The molecule has 17 heavy (non-hydrogen) atoms. The zero-order valence-corrected chi connectivity index (χ0v) is 10.2. The van der Waals surface area contributed by atoms with Crippen LogP contribution in [0.1, 0.15) is 32.1 Å². The first-order valence-electron chi connectivity index (χ1n) is 6.21. The predicted molar refractivity (Wildman–Crippen MR) is 60.3 cm³/mol. The Kier molecular flexibility index (Phi) is 3.99. The lowest BCUT2D eigenvalue weighted by Crippen LogP contribution is -2.42. The van der Waals surface area contributed by atoms with Crippen molar-refractivity contribution in [1.29, 1.82) is 0 Å². The number of ether oxygens (including phenoxy) is 2. The van der Waals surface area contributed by atoms with Gasteiger partial charge >= 0.3 is 5.97 Å². The molecule has 5 heteroatoms. The highest BCUT2D eigenvalue weighted by atomic mass is 16.5. The van der Waals surface area contributed by atoms with Gasteiger partial charge in [0, 0.05) is 13.2 Å². The number of hydrogen-bond donors (Lipinski definition) is 0. The third kappa shape index (κ3) is 2.77. The molecule has 2 unspecified atom stereocenters. The molecule has 5 nitrogen and oxygen atoms in total. The summed E-state index contributed by atoms with van der Waals surface area (Å²) in [6.45, 7) is 1.41. The minimum absolute atomic E-state index is 0.0183. The van der Waals surface area contributed by atoms with Crippen LogP contribution < -0.4 is 0 Å². The normalized spacial score (nSPS) is 28.4. The van der Waals surface area contributed by atoms with Crippen molar-refractivity contribution in [2.24, 2.45) is 0 Å². The average molecular weight is 241 g/mol. The molecule has 0 saturated carbocycles. The summed E-state index contributed by atoms with van der Waals surface area (Å²) >= 11 is 0. The predicted octanol–water partition coefficient (Wildman–Crippen LogP) is 0.719. The van der Waals surface area contributed by atoms with Crippen molar-refractivity contribution in [3.63, 3.8) is 0 Å². The van der Waals surface area contributed by atoms with Crippen LogP contribution in [0.15, 0.2) is 0 Å². The summed E-state index contributed by atoms with van der Waals surface area (Å²) in [4.78, 5) is 25.2. The van der Waals surface area contributed by atoms with Crippen LogP contribution in [0.25, 0.3) is 0 Å². The van der Waals surface area contributed by atoms with Gasteiger partial charge in [0.2, 0.25) is 5.91 Å². The van der Waals surface area contributed by atoms with E-state index in [1.807, 2.05) is 0 Å². The van der Waals surface area contributed by atoms with Gasteiger partial charge in [-0.1, -0.05) is 0 Å². The Morgan fingerprint density at radius 3 is 2.82 bits per heavy atom. The third-order valence-electron chi connectivity index (χ3n) is 3.47. The van der Waals surface area contributed by atoms with Gasteiger partial charge in [-0.2, -0.15) is 0 Å². The Hall–Kier alpha value is -1.10. The number of likely N-dealkylation sites (tertiary alicyclic amines) is 1. The van der Waals surface area contributed by atoms with Crippen molar-refractivity contribution >= 4 is 11.9 Å². The molecular weight excluding hydrogens is 222 g/mol. The summed E-state index contributed by atoms with van der Waals surface area (Å²) in [5, 5.41) is 0. The van der Waals surface area contributed by atoms with Gasteiger partial charge in [-0.15, -0.1) is 0 Å². The maximum absolute atomic E-state index is 12.1. The molecule has 2 heterocycles. The summed E-state index contributed by atoms with van der Waals surface area (Å²) in [6, 6.07) is -0.381. The average Bonchev–Trinajstić information content (AvgIpc) is 2.97. The molecule has 0 aromatic heterocycles. The van der Waals surface area contributed by atoms with E-state index < -0.39 is 0 Å². The zero-order chi connectivity index (χ0) is 12.3. The Morgan fingerprint density at radius 2 is 2.18 bits per heavy atom. The van der Waals surface area contributed by atoms with Crippen LogP contribution in [0.4, 0.5) is 0 Å². The first-order chi connectivity index (χ1) is 8.22. The highest BCUT2D eigenvalue weighted by Crippen LogP contribution is 2.22. The Labute approximate surface area is 101 Å². The number of carbonyl (C=O) groups is 2. The molecule has 2 rings (SSSR count). The van der Waals surface area contributed by atoms with E-state index in [4.69, 9.17) is 9.47 Å². The molecular formula is C12H19NO4. The van der Waals surface area contributed by atoms with E-state index in [9.17, 15) is 9.59 Å². The summed E-state index contributed by atoms with van der Waals surface area (Å²) in [6.07, 6.45) is 4.00. The van der Waals surface area contributed by atoms with Gasteiger partial charge in [-0.25, -0.2) is 4.79 Å². The molecule has 96 valence electrons. The molecule has 2 aliphatic heterocycles. The van der Waals surface area contributed by atoms with Gasteiger partial charge in [-0.05, 0) is 25.7 Å². The lowest BCUT2D eigenvalue weighted by Gasteiger charge is -2.23. The zero-order valence-electron chi connectivity index (χ0n) is 10.2. The van der Waals surface area contributed by atoms with E-state index in [0.29, 0.717) is 19.4 Å². The van der Waals surface area contributed by atoms with E-state index in [0.717, 1.165) is 25.9 Å². The third-order valence-corrected chi connectivity index (χ3v) is 3.47. The van der Waals surface area contributed by atoms with Gasteiger partial charge in [0.15, 0.2) is 0 Å². The Balaban J connectivity index is 1.90. The minimum atomic E-state index is -0.381. The van der Waals surface area contributed by atoms with Crippen LogP contribution in [0.5, 0.6) is 0 Å². The van der Waals surface area contributed by atoms with Crippen molar-refractivity contribution in [1.82, 2.24) is 4.90 Å². The lowest BCUT2D eigenvalue weighted by atomic mass is 10.1. The van der Waals surface area contributed by atoms with E-state index in [-0.39, 0.29) is 24.0 Å². The molecule has 0 aromatic carbocycles. The number of carbonyl (C=O) groups excluding carboxylic acids is 2. The number of methoxy groups -OCH3 is 1. The fourth-order valence-corrected chi connectivity index (χ4v) is 2.56. The minimum Gasteiger partial charge on any atom is -0.467 e. The molecule has 2 atom stereocenters. The molecule has 2 saturated heterocycles. The Bertz CT molecular complexity index is 299. The summed E-state index contributed by atoms with van der Waals surface area (Å²) in [7, 11) is 1.36. The standard InChI is InChI=1S/C12H19NO4/c1-16-12(15)10-5-2-6-13(10)11(14)8-9-4-3-7-17-9/h9-10H,2-8H2,1H3. The summed E-state index contributed by atoms with van der Waals surface area (Å²) in [5.74, 6) is -0.284. The van der Waals surface area contributed by atoms with Crippen LogP contribution in [-0.4, -0.2) is 49.2 Å². The molecule has 1 amide bonds. The van der Waals surface area contributed by atoms with Gasteiger partial charge < -0.3 is 14.4 Å². The summed E-state index contributed by atoms with van der Waals surface area (Å²) in [5.41, 5.74) is 0. The van der Waals surface area contributed by atoms with Gasteiger partial charge in [0.25, 0.3) is 0 Å². The highest BCUT2D eigenvalue weighted by molar-refractivity contribution is 5.85. The first kappa shape index (κ1) is 12.4. The van der Waals surface area contributed by atoms with Crippen molar-refractivity contribution in [2.45, 2.75) is 44.2 Å². The molecule has 0 bridgehead atoms. The second-order valence-corrected chi connectivity index (χ2v) is 4.61. The van der Waals surface area contributed by atoms with E-state index >= 15 is 0 Å². The number of nitrogens with zero attached hydrogens (tertiary/aromatic N) is 1. The van der Waals surface area contributed by atoms with Gasteiger partial charge in [0.05, 0.1) is 19.6 Å². The number of rotatable bonds is 3. The highest BCUT2D eigenvalue weighted by Gasteiger charge is 2.35. The fraction of sp³-hybridized carbons (Fsp3) is 0.833. The van der Waals surface area contributed by atoms with Crippen molar-refractivity contribution in [2.75, 3.05) is 20.3 Å². The van der Waals surface area contributed by atoms with E-state index in [1.54, 1.807) is 4.90 Å². The molecule has 0 aliphatic carbocycles. The quantitative estimate of drug-likeness (QED) is 0.683. The summed E-state index contributed by atoms with van der Waals surface area (Å²) < 4.78 is 10.2. The molecule has 0 aromatic rings. The number of hydrogen-bond acceptors (Lipinski definition) is 4.